The summed E-state index contributed by atoms with van der Waals surface area (Å²) in [6, 6.07) is 1.96. The number of hydrogen-bond donors (Lipinski definition) is 1. The van der Waals surface area contributed by atoms with E-state index in [-0.39, 0.29) is 18.8 Å². The number of nitrogens with zero attached hydrogens (tertiary/aromatic N) is 2. The Bertz CT molecular complexity index is 421. The number of alkyl halides is 2. The summed E-state index contributed by atoms with van der Waals surface area (Å²) in [4.78, 5) is 0. The molecule has 1 heterocycles. The first kappa shape index (κ1) is 14.4. The predicted molar refractivity (Wildman–Crippen MR) is 69.3 cm³/mol. The largest absolute Gasteiger partial charge is 0.392 e. The molecule has 0 amide bonds. The predicted octanol–water partition coefficient (Wildman–Crippen LogP) is 2.94. The SMILES string of the molecule is CCn1nc(C)cc1CC(O)C1CCC(F)(F)CC1. The van der Waals surface area contributed by atoms with Gasteiger partial charge in [-0.1, -0.05) is 0 Å². The normalized spacial score (nSPS) is 21.5. The zero-order valence-electron chi connectivity index (χ0n) is 11.6. The van der Waals surface area contributed by atoms with Gasteiger partial charge in [-0.2, -0.15) is 5.10 Å². The van der Waals surface area contributed by atoms with E-state index < -0.39 is 12.0 Å². The van der Waals surface area contributed by atoms with Crippen molar-refractivity contribution in [2.45, 2.75) is 64.5 Å². The molecule has 2 rings (SSSR count). The molecule has 0 radical (unpaired) electrons. The van der Waals surface area contributed by atoms with Gasteiger partial charge < -0.3 is 5.11 Å². The molecule has 0 aromatic carbocycles. The Hall–Kier alpha value is -0.970. The van der Waals surface area contributed by atoms with E-state index in [1.54, 1.807) is 0 Å². The third-order valence-corrected chi connectivity index (χ3v) is 4.01. The molecule has 1 N–H and O–H groups in total. The molecule has 1 fully saturated rings. The number of rotatable bonds is 4. The monoisotopic (exact) mass is 272 g/mol. The second kappa shape index (κ2) is 5.57. The molecule has 0 bridgehead atoms. The van der Waals surface area contributed by atoms with Crippen molar-refractivity contribution in [1.82, 2.24) is 9.78 Å². The molecule has 3 nitrogen and oxygen atoms in total. The molecular formula is C14H22F2N2O. The maximum absolute atomic E-state index is 13.1. The van der Waals surface area contributed by atoms with Gasteiger partial charge >= 0.3 is 0 Å². The van der Waals surface area contributed by atoms with Gasteiger partial charge in [-0.05, 0) is 38.7 Å². The van der Waals surface area contributed by atoms with E-state index in [4.69, 9.17) is 0 Å². The first-order chi connectivity index (χ1) is 8.91. The van der Waals surface area contributed by atoms with E-state index in [1.807, 2.05) is 24.6 Å². The third-order valence-electron chi connectivity index (χ3n) is 4.01. The number of aliphatic hydroxyl groups excluding tert-OH is 1. The maximum Gasteiger partial charge on any atom is 0.248 e. The molecule has 0 saturated heterocycles. The lowest BCUT2D eigenvalue weighted by Gasteiger charge is -2.31. The highest BCUT2D eigenvalue weighted by atomic mass is 19.3. The number of aromatic nitrogens is 2. The lowest BCUT2D eigenvalue weighted by molar-refractivity contribution is -0.0621. The molecule has 1 saturated carbocycles. The van der Waals surface area contributed by atoms with Crippen LogP contribution in [-0.4, -0.2) is 26.9 Å². The van der Waals surface area contributed by atoms with Crippen LogP contribution in [0.3, 0.4) is 0 Å². The zero-order chi connectivity index (χ0) is 14.0. The molecule has 108 valence electrons. The van der Waals surface area contributed by atoms with E-state index in [0.29, 0.717) is 19.3 Å². The van der Waals surface area contributed by atoms with Crippen LogP contribution in [0.4, 0.5) is 8.78 Å². The van der Waals surface area contributed by atoms with Gasteiger partial charge in [-0.15, -0.1) is 0 Å². The van der Waals surface area contributed by atoms with Crippen molar-refractivity contribution >= 4 is 0 Å². The fourth-order valence-corrected chi connectivity index (χ4v) is 2.87. The van der Waals surface area contributed by atoms with Crippen LogP contribution < -0.4 is 0 Å². The second-order valence-corrected chi connectivity index (χ2v) is 5.56. The Morgan fingerprint density at radius 2 is 2.11 bits per heavy atom. The Kier molecular flexibility index (Phi) is 4.23. The van der Waals surface area contributed by atoms with Crippen LogP contribution in [-0.2, 0) is 13.0 Å². The third kappa shape index (κ3) is 3.53. The zero-order valence-corrected chi connectivity index (χ0v) is 11.6. The number of halogens is 2. The number of aliphatic hydroxyl groups is 1. The van der Waals surface area contributed by atoms with Gasteiger partial charge in [-0.3, -0.25) is 4.68 Å². The maximum atomic E-state index is 13.1. The molecule has 1 aromatic heterocycles. The van der Waals surface area contributed by atoms with Gasteiger partial charge in [-0.25, -0.2) is 8.78 Å². The van der Waals surface area contributed by atoms with Crippen LogP contribution in [0.25, 0.3) is 0 Å². The first-order valence-corrected chi connectivity index (χ1v) is 7.00. The number of aryl methyl sites for hydroxylation is 2. The van der Waals surface area contributed by atoms with E-state index in [9.17, 15) is 13.9 Å². The molecule has 1 aliphatic rings. The smallest absolute Gasteiger partial charge is 0.248 e. The number of hydrogen-bond acceptors (Lipinski definition) is 2. The lowest BCUT2D eigenvalue weighted by Crippen LogP contribution is -2.32. The van der Waals surface area contributed by atoms with E-state index in [2.05, 4.69) is 5.10 Å². The fourth-order valence-electron chi connectivity index (χ4n) is 2.87. The van der Waals surface area contributed by atoms with Crippen LogP contribution in [0.2, 0.25) is 0 Å². The van der Waals surface area contributed by atoms with Gasteiger partial charge in [0.1, 0.15) is 0 Å². The van der Waals surface area contributed by atoms with Crippen molar-refractivity contribution in [3.63, 3.8) is 0 Å². The van der Waals surface area contributed by atoms with Crippen LogP contribution in [0.5, 0.6) is 0 Å². The summed E-state index contributed by atoms with van der Waals surface area (Å²) in [6.45, 7) is 4.69. The minimum absolute atomic E-state index is 0.0138. The van der Waals surface area contributed by atoms with Crippen molar-refractivity contribution in [3.8, 4) is 0 Å². The first-order valence-electron chi connectivity index (χ1n) is 7.00. The van der Waals surface area contributed by atoms with Crippen molar-refractivity contribution in [2.75, 3.05) is 0 Å². The highest BCUT2D eigenvalue weighted by molar-refractivity contribution is 5.10. The van der Waals surface area contributed by atoms with Crippen LogP contribution in [0.1, 0.15) is 44.0 Å². The summed E-state index contributed by atoms with van der Waals surface area (Å²) in [5.41, 5.74) is 1.92. The average Bonchev–Trinajstić information content (AvgIpc) is 2.69. The van der Waals surface area contributed by atoms with Crippen molar-refractivity contribution < 1.29 is 13.9 Å². The standard InChI is InChI=1S/C14H22F2N2O/c1-3-18-12(8-10(2)17-18)9-13(19)11-4-6-14(15,16)7-5-11/h8,11,13,19H,3-7,9H2,1-2H3. The van der Waals surface area contributed by atoms with E-state index >= 15 is 0 Å². The van der Waals surface area contributed by atoms with Crippen molar-refractivity contribution in [2.24, 2.45) is 5.92 Å². The summed E-state index contributed by atoms with van der Waals surface area (Å²) in [6.07, 6.45) is 0.588. The Balaban J connectivity index is 1.95. The minimum atomic E-state index is -2.53. The van der Waals surface area contributed by atoms with Crippen molar-refractivity contribution in [3.05, 3.63) is 17.5 Å². The van der Waals surface area contributed by atoms with Gasteiger partial charge in [0.05, 0.1) is 11.8 Å². The fraction of sp³-hybridized carbons (Fsp3) is 0.786. The quantitative estimate of drug-likeness (QED) is 0.915. The summed E-state index contributed by atoms with van der Waals surface area (Å²) in [5, 5.41) is 14.6. The van der Waals surface area contributed by atoms with Gasteiger partial charge in [0.2, 0.25) is 5.92 Å². The Labute approximate surface area is 112 Å². The molecule has 1 atom stereocenters. The van der Waals surface area contributed by atoms with E-state index in [0.717, 1.165) is 17.9 Å². The molecule has 0 aliphatic heterocycles. The molecule has 0 spiro atoms. The Morgan fingerprint density at radius 1 is 1.47 bits per heavy atom. The lowest BCUT2D eigenvalue weighted by atomic mass is 9.82. The van der Waals surface area contributed by atoms with Gasteiger partial charge in [0.15, 0.2) is 0 Å². The molecule has 1 aliphatic carbocycles. The Morgan fingerprint density at radius 3 is 2.68 bits per heavy atom. The average molecular weight is 272 g/mol. The summed E-state index contributed by atoms with van der Waals surface area (Å²) >= 11 is 0. The molecular weight excluding hydrogens is 250 g/mol. The van der Waals surface area contributed by atoms with Crippen molar-refractivity contribution in [1.29, 1.82) is 0 Å². The second-order valence-electron chi connectivity index (χ2n) is 5.56. The molecule has 5 heteroatoms. The van der Waals surface area contributed by atoms with E-state index in [1.165, 1.54) is 0 Å². The van der Waals surface area contributed by atoms with Crippen LogP contribution in [0, 0.1) is 12.8 Å². The molecule has 1 unspecified atom stereocenters. The summed E-state index contributed by atoms with van der Waals surface area (Å²) < 4.78 is 28.1. The minimum Gasteiger partial charge on any atom is -0.392 e. The summed E-state index contributed by atoms with van der Waals surface area (Å²) in [7, 11) is 0. The topological polar surface area (TPSA) is 38.0 Å². The van der Waals surface area contributed by atoms with Gasteiger partial charge in [0, 0.05) is 31.5 Å². The highest BCUT2D eigenvalue weighted by Gasteiger charge is 2.37. The van der Waals surface area contributed by atoms with Gasteiger partial charge in [0.25, 0.3) is 0 Å². The molecule has 1 aromatic rings. The summed E-state index contributed by atoms with van der Waals surface area (Å²) in [5.74, 6) is -2.54. The molecule has 19 heavy (non-hydrogen) atoms. The van der Waals surface area contributed by atoms with Crippen LogP contribution in [0.15, 0.2) is 6.07 Å². The highest BCUT2D eigenvalue weighted by Crippen LogP contribution is 2.37. The van der Waals surface area contributed by atoms with Crippen LogP contribution >= 0.6 is 0 Å².